The lowest BCUT2D eigenvalue weighted by Crippen LogP contribution is -2.29. The van der Waals surface area contributed by atoms with Gasteiger partial charge in [-0.3, -0.25) is 0 Å². The third-order valence-corrected chi connectivity index (χ3v) is 2.78. The smallest absolute Gasteiger partial charge is 0.326 e. The van der Waals surface area contributed by atoms with Crippen LogP contribution in [0.4, 0.5) is 10.1 Å². The fourth-order valence-corrected chi connectivity index (χ4v) is 1.88. The zero-order valence-electron chi connectivity index (χ0n) is 10.9. The normalized spacial score (nSPS) is 12.2. The Bertz CT molecular complexity index is 387. The minimum Gasteiger partial charge on any atom is -0.480 e. The highest BCUT2D eigenvalue weighted by molar-refractivity contribution is 5.77. The lowest BCUT2D eigenvalue weighted by Gasteiger charge is -2.16. The highest BCUT2D eigenvalue weighted by Crippen LogP contribution is 2.16. The zero-order chi connectivity index (χ0) is 13.5. The first kappa shape index (κ1) is 14.5. The molecule has 1 aromatic carbocycles. The van der Waals surface area contributed by atoms with E-state index >= 15 is 0 Å². The van der Waals surface area contributed by atoms with Gasteiger partial charge in [0.2, 0.25) is 0 Å². The molecular weight excluding hydrogens is 233 g/mol. The molecule has 18 heavy (non-hydrogen) atoms. The summed E-state index contributed by atoms with van der Waals surface area (Å²) in [5.74, 6) is -1.25. The van der Waals surface area contributed by atoms with E-state index in [1.165, 1.54) is 12.1 Å². The summed E-state index contributed by atoms with van der Waals surface area (Å²) in [5.41, 5.74) is 1.30. The number of nitrogens with one attached hydrogen (secondary N) is 1. The van der Waals surface area contributed by atoms with E-state index in [1.54, 1.807) is 13.0 Å². The molecule has 4 heteroatoms. The van der Waals surface area contributed by atoms with Crippen LogP contribution in [0.15, 0.2) is 18.2 Å². The fraction of sp³-hybridized carbons (Fsp3) is 0.500. The van der Waals surface area contributed by atoms with E-state index in [1.807, 2.05) is 0 Å². The number of carbonyl (C=O) groups is 1. The van der Waals surface area contributed by atoms with Crippen molar-refractivity contribution in [3.63, 3.8) is 0 Å². The van der Waals surface area contributed by atoms with E-state index in [0.717, 1.165) is 24.8 Å². The number of carboxylic acid groups (broad SMARTS) is 1. The number of hydrogen-bond donors (Lipinski definition) is 2. The quantitative estimate of drug-likeness (QED) is 0.730. The van der Waals surface area contributed by atoms with Crippen LogP contribution in [0.2, 0.25) is 0 Å². The molecule has 0 amide bonds. The maximum absolute atomic E-state index is 13.2. The number of unbranched alkanes of at least 4 members (excludes halogenated alkanes) is 2. The molecule has 0 spiro atoms. The molecule has 0 fully saturated rings. The molecule has 0 aliphatic rings. The molecule has 2 N–H and O–H groups in total. The molecule has 1 rings (SSSR count). The second-order valence-electron chi connectivity index (χ2n) is 4.55. The molecule has 0 aliphatic heterocycles. The van der Waals surface area contributed by atoms with Gasteiger partial charge in [-0.2, -0.15) is 0 Å². The Morgan fingerprint density at radius 1 is 1.39 bits per heavy atom. The van der Waals surface area contributed by atoms with Gasteiger partial charge in [-0.25, -0.2) is 9.18 Å². The lowest BCUT2D eigenvalue weighted by molar-refractivity contribution is -0.138. The minimum atomic E-state index is -0.895. The van der Waals surface area contributed by atoms with Crippen LogP contribution in [0.1, 0.15) is 38.2 Å². The van der Waals surface area contributed by atoms with Crippen molar-refractivity contribution in [2.45, 2.75) is 45.6 Å². The van der Waals surface area contributed by atoms with E-state index in [9.17, 15) is 9.18 Å². The molecule has 0 radical (unpaired) electrons. The summed E-state index contributed by atoms with van der Waals surface area (Å²) in [7, 11) is 0. The number of carboxylic acids is 1. The number of anilines is 1. The van der Waals surface area contributed by atoms with Gasteiger partial charge in [0.25, 0.3) is 0 Å². The van der Waals surface area contributed by atoms with Gasteiger partial charge in [-0.1, -0.05) is 26.2 Å². The Balaban J connectivity index is 2.67. The summed E-state index contributed by atoms with van der Waals surface area (Å²) >= 11 is 0. The van der Waals surface area contributed by atoms with Crippen LogP contribution in [0.5, 0.6) is 0 Å². The highest BCUT2D eigenvalue weighted by Gasteiger charge is 2.16. The van der Waals surface area contributed by atoms with Crippen molar-refractivity contribution in [3.05, 3.63) is 29.6 Å². The molecule has 1 atom stereocenters. The number of aryl methyl sites for hydroxylation is 1. The summed E-state index contributed by atoms with van der Waals surface area (Å²) in [6, 6.07) is 3.83. The van der Waals surface area contributed by atoms with Gasteiger partial charge < -0.3 is 10.4 Å². The van der Waals surface area contributed by atoms with Crippen molar-refractivity contribution in [3.8, 4) is 0 Å². The molecule has 0 heterocycles. The molecule has 0 aliphatic carbocycles. The van der Waals surface area contributed by atoms with Crippen LogP contribution in [0.25, 0.3) is 0 Å². The summed E-state index contributed by atoms with van der Waals surface area (Å²) in [6.07, 6.45) is 3.46. The van der Waals surface area contributed by atoms with Crippen LogP contribution < -0.4 is 5.32 Å². The molecule has 1 aromatic rings. The molecule has 0 bridgehead atoms. The van der Waals surface area contributed by atoms with Crippen LogP contribution >= 0.6 is 0 Å². The van der Waals surface area contributed by atoms with Gasteiger partial charge in [0.05, 0.1) is 0 Å². The predicted molar refractivity (Wildman–Crippen MR) is 70.3 cm³/mol. The van der Waals surface area contributed by atoms with Crippen molar-refractivity contribution < 1.29 is 14.3 Å². The standard InChI is InChI=1S/C14H20FNO2/c1-3-4-5-6-13(14(17)18)16-12-8-10(2)7-11(15)9-12/h7-9,13,16H,3-6H2,1-2H3,(H,17,18). The van der Waals surface area contributed by atoms with E-state index in [4.69, 9.17) is 5.11 Å². The first-order valence-electron chi connectivity index (χ1n) is 6.29. The minimum absolute atomic E-state index is 0.352. The second kappa shape index (κ2) is 6.99. The average Bonchev–Trinajstić information content (AvgIpc) is 2.26. The molecule has 0 saturated carbocycles. The first-order valence-corrected chi connectivity index (χ1v) is 6.29. The Morgan fingerprint density at radius 2 is 2.11 bits per heavy atom. The Labute approximate surface area is 107 Å². The van der Waals surface area contributed by atoms with Crippen molar-refractivity contribution >= 4 is 11.7 Å². The highest BCUT2D eigenvalue weighted by atomic mass is 19.1. The second-order valence-corrected chi connectivity index (χ2v) is 4.55. The largest absolute Gasteiger partial charge is 0.480 e. The predicted octanol–water partition coefficient (Wildman–Crippen LogP) is 3.58. The van der Waals surface area contributed by atoms with E-state index in [-0.39, 0.29) is 5.82 Å². The third kappa shape index (κ3) is 4.73. The van der Waals surface area contributed by atoms with Gasteiger partial charge in [-0.05, 0) is 37.1 Å². The van der Waals surface area contributed by atoms with E-state index < -0.39 is 12.0 Å². The van der Waals surface area contributed by atoms with Crippen LogP contribution in [0.3, 0.4) is 0 Å². The van der Waals surface area contributed by atoms with E-state index in [2.05, 4.69) is 12.2 Å². The SMILES string of the molecule is CCCCCC(Nc1cc(C)cc(F)c1)C(=O)O. The maximum Gasteiger partial charge on any atom is 0.326 e. The third-order valence-electron chi connectivity index (χ3n) is 2.78. The van der Waals surface area contributed by atoms with Gasteiger partial charge in [0.15, 0.2) is 0 Å². The van der Waals surface area contributed by atoms with Crippen molar-refractivity contribution in [2.75, 3.05) is 5.32 Å². The van der Waals surface area contributed by atoms with Crippen molar-refractivity contribution in [1.82, 2.24) is 0 Å². The number of benzene rings is 1. The number of hydrogen-bond acceptors (Lipinski definition) is 2. The monoisotopic (exact) mass is 253 g/mol. The summed E-state index contributed by atoms with van der Waals surface area (Å²) in [5, 5.41) is 12.0. The number of aliphatic carboxylic acids is 1. The first-order chi connectivity index (χ1) is 8.52. The van der Waals surface area contributed by atoms with Gasteiger partial charge in [0.1, 0.15) is 11.9 Å². The average molecular weight is 253 g/mol. The molecular formula is C14H20FNO2. The van der Waals surface area contributed by atoms with Gasteiger partial charge in [0, 0.05) is 5.69 Å². The Kier molecular flexibility index (Phi) is 5.62. The number of halogens is 1. The lowest BCUT2D eigenvalue weighted by atomic mass is 10.1. The van der Waals surface area contributed by atoms with Crippen LogP contribution in [-0.4, -0.2) is 17.1 Å². The van der Waals surface area contributed by atoms with Gasteiger partial charge >= 0.3 is 5.97 Å². The van der Waals surface area contributed by atoms with Crippen molar-refractivity contribution in [2.24, 2.45) is 0 Å². The van der Waals surface area contributed by atoms with Crippen molar-refractivity contribution in [1.29, 1.82) is 0 Å². The summed E-state index contributed by atoms with van der Waals surface area (Å²) < 4.78 is 13.2. The topological polar surface area (TPSA) is 49.3 Å². The zero-order valence-corrected chi connectivity index (χ0v) is 10.9. The summed E-state index contributed by atoms with van der Waals surface area (Å²) in [6.45, 7) is 3.85. The molecule has 0 saturated heterocycles. The van der Waals surface area contributed by atoms with Crippen LogP contribution in [0, 0.1) is 12.7 Å². The molecule has 1 unspecified atom stereocenters. The van der Waals surface area contributed by atoms with Crippen LogP contribution in [-0.2, 0) is 4.79 Å². The maximum atomic E-state index is 13.2. The molecule has 100 valence electrons. The molecule has 3 nitrogen and oxygen atoms in total. The van der Waals surface area contributed by atoms with Gasteiger partial charge in [-0.15, -0.1) is 0 Å². The Hall–Kier alpha value is -1.58. The summed E-state index contributed by atoms with van der Waals surface area (Å²) in [4.78, 5) is 11.1. The van der Waals surface area contributed by atoms with E-state index in [0.29, 0.717) is 12.1 Å². The molecule has 0 aromatic heterocycles. The Morgan fingerprint density at radius 3 is 2.67 bits per heavy atom. The number of rotatable bonds is 7. The fourth-order valence-electron chi connectivity index (χ4n) is 1.88.